The molecule has 0 saturated carbocycles. The molecule has 2 heterocycles. The summed E-state index contributed by atoms with van der Waals surface area (Å²) in [5, 5.41) is 1.20. The molecular weight excluding hydrogens is 316 g/mol. The third kappa shape index (κ3) is 2.92. The number of hydrogen-bond donors (Lipinski definition) is 1. The Kier molecular flexibility index (Phi) is 4.24. The molecule has 1 aromatic carbocycles. The van der Waals surface area contributed by atoms with Crippen LogP contribution in [0.25, 0.3) is 10.9 Å². The highest BCUT2D eigenvalue weighted by atomic mass is 16.5. The third-order valence-corrected chi connectivity index (χ3v) is 5.66. The molecule has 4 rings (SSSR count). The Balaban J connectivity index is 1.53. The number of fused-ring (bicyclic) bond motifs is 3. The number of amides is 1. The summed E-state index contributed by atoms with van der Waals surface area (Å²) in [4.78, 5) is 29.9. The molecular formula is C20H24N2O3. The molecule has 1 amide bonds. The van der Waals surface area contributed by atoms with Crippen molar-refractivity contribution in [1.82, 2.24) is 9.88 Å². The van der Waals surface area contributed by atoms with Gasteiger partial charge in [0.25, 0.3) is 5.91 Å². The van der Waals surface area contributed by atoms with Crippen molar-refractivity contribution in [3.05, 3.63) is 35.0 Å². The van der Waals surface area contributed by atoms with Crippen molar-refractivity contribution in [2.45, 2.75) is 38.5 Å². The summed E-state index contributed by atoms with van der Waals surface area (Å²) in [6.45, 7) is 1.23. The van der Waals surface area contributed by atoms with Crippen molar-refractivity contribution >= 4 is 22.8 Å². The predicted octanol–water partition coefficient (Wildman–Crippen LogP) is 3.07. The van der Waals surface area contributed by atoms with Gasteiger partial charge in [-0.25, -0.2) is 0 Å². The highest BCUT2D eigenvalue weighted by molar-refractivity contribution is 5.99. The second-order valence-corrected chi connectivity index (χ2v) is 7.14. The lowest BCUT2D eigenvalue weighted by Gasteiger charge is -2.30. The van der Waals surface area contributed by atoms with Gasteiger partial charge in [-0.15, -0.1) is 0 Å². The number of aromatic nitrogens is 1. The third-order valence-electron chi connectivity index (χ3n) is 5.66. The molecule has 0 spiro atoms. The average Bonchev–Trinajstić information content (AvgIpc) is 3.04. The lowest BCUT2D eigenvalue weighted by molar-refractivity contribution is -0.146. The molecule has 0 radical (unpaired) electrons. The van der Waals surface area contributed by atoms with Crippen molar-refractivity contribution in [3.63, 3.8) is 0 Å². The predicted molar refractivity (Wildman–Crippen MR) is 95.6 cm³/mol. The van der Waals surface area contributed by atoms with Crippen LogP contribution in [0.5, 0.6) is 0 Å². The zero-order valence-electron chi connectivity index (χ0n) is 14.6. The molecule has 1 aliphatic carbocycles. The molecule has 132 valence electrons. The number of carbonyl (C=O) groups is 2. The first-order valence-corrected chi connectivity index (χ1v) is 9.18. The number of rotatable bonds is 2. The van der Waals surface area contributed by atoms with Crippen molar-refractivity contribution < 1.29 is 14.3 Å². The van der Waals surface area contributed by atoms with Gasteiger partial charge in [-0.2, -0.15) is 0 Å². The Bertz CT molecular complexity index is 816. The van der Waals surface area contributed by atoms with Crippen LogP contribution < -0.4 is 0 Å². The lowest BCUT2D eigenvalue weighted by atomic mass is 9.94. The van der Waals surface area contributed by atoms with Crippen LogP contribution in [0.4, 0.5) is 0 Å². The van der Waals surface area contributed by atoms with Gasteiger partial charge in [0, 0.05) is 35.2 Å². The van der Waals surface area contributed by atoms with E-state index in [4.69, 9.17) is 4.74 Å². The van der Waals surface area contributed by atoms with E-state index in [1.807, 2.05) is 23.1 Å². The van der Waals surface area contributed by atoms with Gasteiger partial charge in [-0.05, 0) is 62.3 Å². The fourth-order valence-electron chi connectivity index (χ4n) is 4.21. The number of likely N-dealkylation sites (tertiary alicyclic amines) is 1. The molecule has 5 heteroatoms. The molecule has 1 aliphatic heterocycles. The van der Waals surface area contributed by atoms with Crippen molar-refractivity contribution in [2.75, 3.05) is 20.2 Å². The van der Waals surface area contributed by atoms with Crippen molar-refractivity contribution in [3.8, 4) is 0 Å². The van der Waals surface area contributed by atoms with Gasteiger partial charge in [0.05, 0.1) is 13.0 Å². The second kappa shape index (κ2) is 6.54. The van der Waals surface area contributed by atoms with Gasteiger partial charge >= 0.3 is 5.97 Å². The van der Waals surface area contributed by atoms with Crippen molar-refractivity contribution in [1.29, 1.82) is 0 Å². The maximum Gasteiger partial charge on any atom is 0.308 e. The zero-order chi connectivity index (χ0) is 17.4. The summed E-state index contributed by atoms with van der Waals surface area (Å²) in [5.74, 6) is -0.170. The molecule has 0 atom stereocenters. The molecule has 1 aromatic heterocycles. The molecule has 1 saturated heterocycles. The van der Waals surface area contributed by atoms with Crippen LogP contribution >= 0.6 is 0 Å². The monoisotopic (exact) mass is 340 g/mol. The minimum atomic E-state index is -0.160. The van der Waals surface area contributed by atoms with Crippen LogP contribution in [0.3, 0.4) is 0 Å². The number of hydrogen-bond acceptors (Lipinski definition) is 3. The summed E-state index contributed by atoms with van der Waals surface area (Å²) < 4.78 is 4.82. The van der Waals surface area contributed by atoms with Gasteiger partial charge in [0.2, 0.25) is 0 Å². The van der Waals surface area contributed by atoms with E-state index in [-0.39, 0.29) is 17.8 Å². The zero-order valence-corrected chi connectivity index (χ0v) is 14.6. The summed E-state index contributed by atoms with van der Waals surface area (Å²) in [6.07, 6.45) is 6.02. The molecule has 1 fully saturated rings. The minimum absolute atomic E-state index is 0.0657. The van der Waals surface area contributed by atoms with E-state index in [1.165, 1.54) is 36.6 Å². The Morgan fingerprint density at radius 3 is 2.68 bits per heavy atom. The van der Waals surface area contributed by atoms with Gasteiger partial charge in [-0.3, -0.25) is 9.59 Å². The quantitative estimate of drug-likeness (QED) is 0.855. The summed E-state index contributed by atoms with van der Waals surface area (Å²) >= 11 is 0. The molecule has 25 heavy (non-hydrogen) atoms. The summed E-state index contributed by atoms with van der Waals surface area (Å²) in [7, 11) is 1.42. The van der Waals surface area contributed by atoms with Crippen LogP contribution in [0.1, 0.15) is 47.3 Å². The van der Waals surface area contributed by atoms with E-state index >= 15 is 0 Å². The van der Waals surface area contributed by atoms with Gasteiger partial charge in [-0.1, -0.05) is 0 Å². The van der Waals surface area contributed by atoms with E-state index in [9.17, 15) is 9.59 Å². The van der Waals surface area contributed by atoms with Gasteiger partial charge in [0.15, 0.2) is 0 Å². The first kappa shape index (κ1) is 16.2. The maximum atomic E-state index is 12.9. The lowest BCUT2D eigenvalue weighted by Crippen LogP contribution is -2.40. The highest BCUT2D eigenvalue weighted by Crippen LogP contribution is 2.30. The molecule has 0 unspecified atom stereocenters. The Morgan fingerprint density at radius 2 is 1.92 bits per heavy atom. The van der Waals surface area contributed by atoms with Crippen LogP contribution in [0.2, 0.25) is 0 Å². The molecule has 1 N–H and O–H groups in total. The summed E-state index contributed by atoms with van der Waals surface area (Å²) in [6, 6.07) is 5.99. The van der Waals surface area contributed by atoms with E-state index in [2.05, 4.69) is 4.98 Å². The van der Waals surface area contributed by atoms with E-state index in [0.717, 1.165) is 23.9 Å². The topological polar surface area (TPSA) is 62.4 Å². The average molecular weight is 340 g/mol. The summed E-state index contributed by atoms with van der Waals surface area (Å²) in [5.41, 5.74) is 4.61. The standard InChI is InChI=1S/C20H24N2O3/c1-25-20(24)13-8-10-22(11-9-13)19(23)14-6-7-18-16(12-14)15-4-2-3-5-17(15)21-18/h6-7,12-13,21H,2-5,8-11H2,1H3. The molecule has 5 nitrogen and oxygen atoms in total. The van der Waals surface area contributed by atoms with Crippen LogP contribution in [-0.4, -0.2) is 42.0 Å². The van der Waals surface area contributed by atoms with E-state index in [1.54, 1.807) is 0 Å². The van der Waals surface area contributed by atoms with Crippen LogP contribution in [-0.2, 0) is 22.4 Å². The largest absolute Gasteiger partial charge is 0.469 e. The van der Waals surface area contributed by atoms with Crippen LogP contribution in [0.15, 0.2) is 18.2 Å². The highest BCUT2D eigenvalue weighted by Gasteiger charge is 2.28. The number of H-pyrrole nitrogens is 1. The number of carbonyl (C=O) groups excluding carboxylic acids is 2. The number of nitrogens with one attached hydrogen (secondary N) is 1. The smallest absolute Gasteiger partial charge is 0.308 e. The number of aryl methyl sites for hydroxylation is 2. The molecule has 0 bridgehead atoms. The van der Waals surface area contributed by atoms with E-state index < -0.39 is 0 Å². The number of piperidine rings is 1. The number of methoxy groups -OCH3 is 1. The first-order valence-electron chi connectivity index (χ1n) is 9.18. The molecule has 2 aliphatic rings. The van der Waals surface area contributed by atoms with Gasteiger partial charge < -0.3 is 14.6 Å². The normalized spacial score (nSPS) is 18.2. The Morgan fingerprint density at radius 1 is 1.16 bits per heavy atom. The Hall–Kier alpha value is -2.30. The fourth-order valence-corrected chi connectivity index (χ4v) is 4.21. The fraction of sp³-hybridized carbons (Fsp3) is 0.500. The number of esters is 1. The Labute approximate surface area is 147 Å². The molecule has 2 aromatic rings. The van der Waals surface area contributed by atoms with Gasteiger partial charge in [0.1, 0.15) is 0 Å². The number of ether oxygens (including phenoxy) is 1. The number of aromatic amines is 1. The minimum Gasteiger partial charge on any atom is -0.469 e. The van der Waals surface area contributed by atoms with Crippen LogP contribution in [0, 0.1) is 5.92 Å². The van der Waals surface area contributed by atoms with E-state index in [0.29, 0.717) is 25.9 Å². The first-order chi connectivity index (χ1) is 12.2. The second-order valence-electron chi connectivity index (χ2n) is 7.14. The van der Waals surface area contributed by atoms with Crippen molar-refractivity contribution in [2.24, 2.45) is 5.92 Å². The maximum absolute atomic E-state index is 12.9. The number of nitrogens with zero attached hydrogens (tertiary/aromatic N) is 1. The number of benzene rings is 1. The SMILES string of the molecule is COC(=O)C1CCN(C(=O)c2ccc3[nH]c4c(c3c2)CCCC4)CC1.